The van der Waals surface area contributed by atoms with Crippen LogP contribution in [0.3, 0.4) is 0 Å². The van der Waals surface area contributed by atoms with E-state index in [9.17, 15) is 14.0 Å². The summed E-state index contributed by atoms with van der Waals surface area (Å²) in [4.78, 5) is 22.6. The van der Waals surface area contributed by atoms with Crippen molar-refractivity contribution in [2.45, 2.75) is 32.7 Å². The summed E-state index contributed by atoms with van der Waals surface area (Å²) in [5.41, 5.74) is -0.0321. The van der Waals surface area contributed by atoms with Gasteiger partial charge in [0.1, 0.15) is 5.82 Å². The number of carboxylic acids is 1. The molecule has 0 radical (unpaired) electrons. The molecule has 1 rings (SSSR count). The zero-order valence-electron chi connectivity index (χ0n) is 10.6. The van der Waals surface area contributed by atoms with Crippen molar-refractivity contribution in [3.8, 4) is 0 Å². The van der Waals surface area contributed by atoms with E-state index in [0.717, 1.165) is 6.07 Å². The average Bonchev–Trinajstić information content (AvgIpc) is 2.18. The SMILES string of the molecule is Cc1ccc(F)cc1C(=O)NC(C)(C)CC(=O)O. The van der Waals surface area contributed by atoms with Gasteiger partial charge < -0.3 is 10.4 Å². The van der Waals surface area contributed by atoms with Gasteiger partial charge in [-0.2, -0.15) is 0 Å². The highest BCUT2D eigenvalue weighted by Crippen LogP contribution is 2.14. The summed E-state index contributed by atoms with van der Waals surface area (Å²) in [6.07, 6.45) is -0.201. The van der Waals surface area contributed by atoms with Crippen molar-refractivity contribution in [2.75, 3.05) is 0 Å². The van der Waals surface area contributed by atoms with E-state index >= 15 is 0 Å². The number of carbonyl (C=O) groups excluding carboxylic acids is 1. The molecule has 1 aromatic carbocycles. The maximum absolute atomic E-state index is 13.1. The van der Waals surface area contributed by atoms with Crippen molar-refractivity contribution in [3.05, 3.63) is 35.1 Å². The van der Waals surface area contributed by atoms with Crippen LogP contribution < -0.4 is 5.32 Å². The molecule has 0 aliphatic rings. The second kappa shape index (κ2) is 5.16. The standard InChI is InChI=1S/C13H16FNO3/c1-8-4-5-9(14)6-10(8)12(18)15-13(2,3)7-11(16)17/h4-6H,7H2,1-3H3,(H,15,18)(H,16,17). The molecule has 0 aliphatic carbocycles. The number of nitrogens with one attached hydrogen (secondary N) is 1. The quantitative estimate of drug-likeness (QED) is 0.863. The fourth-order valence-corrected chi connectivity index (χ4v) is 1.64. The third kappa shape index (κ3) is 3.84. The zero-order chi connectivity index (χ0) is 13.9. The number of amides is 1. The summed E-state index contributed by atoms with van der Waals surface area (Å²) in [7, 11) is 0. The molecule has 18 heavy (non-hydrogen) atoms. The van der Waals surface area contributed by atoms with Crippen molar-refractivity contribution in [1.82, 2.24) is 5.32 Å². The maximum atomic E-state index is 13.1. The molecule has 0 saturated carbocycles. The highest BCUT2D eigenvalue weighted by molar-refractivity contribution is 5.96. The second-order valence-corrected chi connectivity index (χ2v) is 4.87. The monoisotopic (exact) mass is 253 g/mol. The van der Waals surface area contributed by atoms with Gasteiger partial charge in [-0.15, -0.1) is 0 Å². The molecule has 0 aromatic heterocycles. The molecule has 0 aliphatic heterocycles. The van der Waals surface area contributed by atoms with Crippen LogP contribution >= 0.6 is 0 Å². The lowest BCUT2D eigenvalue weighted by Gasteiger charge is -2.24. The summed E-state index contributed by atoms with van der Waals surface area (Å²) in [5.74, 6) is -1.98. The number of hydrogen-bond donors (Lipinski definition) is 2. The minimum Gasteiger partial charge on any atom is -0.481 e. The lowest BCUT2D eigenvalue weighted by molar-refractivity contribution is -0.138. The van der Waals surface area contributed by atoms with Crippen molar-refractivity contribution in [2.24, 2.45) is 0 Å². The summed E-state index contributed by atoms with van der Waals surface area (Å²) >= 11 is 0. The number of rotatable bonds is 4. The summed E-state index contributed by atoms with van der Waals surface area (Å²) in [6.45, 7) is 4.90. The van der Waals surface area contributed by atoms with Gasteiger partial charge in [0.15, 0.2) is 0 Å². The van der Waals surface area contributed by atoms with Crippen LogP contribution in [0.25, 0.3) is 0 Å². The van der Waals surface area contributed by atoms with Crippen LogP contribution in [0.1, 0.15) is 36.2 Å². The largest absolute Gasteiger partial charge is 0.481 e. The molecule has 98 valence electrons. The Morgan fingerprint density at radius 1 is 1.39 bits per heavy atom. The van der Waals surface area contributed by atoms with Crippen LogP contribution in [-0.4, -0.2) is 22.5 Å². The minimum absolute atomic E-state index is 0.201. The molecule has 0 spiro atoms. The molecule has 0 heterocycles. The van der Waals surface area contributed by atoms with Gasteiger partial charge in [-0.05, 0) is 38.5 Å². The Hall–Kier alpha value is -1.91. The van der Waals surface area contributed by atoms with E-state index in [0.29, 0.717) is 5.56 Å². The third-order valence-electron chi connectivity index (χ3n) is 2.49. The van der Waals surface area contributed by atoms with Crippen molar-refractivity contribution in [1.29, 1.82) is 0 Å². The van der Waals surface area contributed by atoms with Crippen LogP contribution in [0.5, 0.6) is 0 Å². The number of carboxylic acid groups (broad SMARTS) is 1. The predicted molar refractivity (Wildman–Crippen MR) is 64.9 cm³/mol. The molecule has 4 nitrogen and oxygen atoms in total. The highest BCUT2D eigenvalue weighted by Gasteiger charge is 2.25. The first kappa shape index (κ1) is 14.2. The molecule has 0 bridgehead atoms. The molecular weight excluding hydrogens is 237 g/mol. The third-order valence-corrected chi connectivity index (χ3v) is 2.49. The van der Waals surface area contributed by atoms with Crippen molar-refractivity contribution in [3.63, 3.8) is 0 Å². The van der Waals surface area contributed by atoms with Crippen molar-refractivity contribution < 1.29 is 19.1 Å². The molecule has 1 aromatic rings. The molecule has 0 saturated heterocycles. The first-order valence-corrected chi connectivity index (χ1v) is 5.52. The molecule has 5 heteroatoms. The molecule has 0 unspecified atom stereocenters. The van der Waals surface area contributed by atoms with E-state index in [1.807, 2.05) is 0 Å². The van der Waals surface area contributed by atoms with Crippen LogP contribution in [0.2, 0.25) is 0 Å². The molecular formula is C13H16FNO3. The Bertz CT molecular complexity index is 483. The Morgan fingerprint density at radius 2 is 2.00 bits per heavy atom. The van der Waals surface area contributed by atoms with Gasteiger partial charge in [0, 0.05) is 11.1 Å². The molecule has 2 N–H and O–H groups in total. The van der Waals surface area contributed by atoms with E-state index in [1.165, 1.54) is 12.1 Å². The average molecular weight is 253 g/mol. The Kier molecular flexibility index (Phi) is 4.06. The van der Waals surface area contributed by atoms with Crippen LogP contribution in [0.4, 0.5) is 4.39 Å². The topological polar surface area (TPSA) is 66.4 Å². The van der Waals surface area contributed by atoms with Crippen LogP contribution in [0, 0.1) is 12.7 Å². The zero-order valence-corrected chi connectivity index (χ0v) is 10.6. The maximum Gasteiger partial charge on any atom is 0.305 e. The molecule has 1 amide bonds. The number of halogens is 1. The predicted octanol–water partition coefficient (Wildman–Crippen LogP) is 2.12. The molecule has 0 fully saturated rings. The first-order valence-electron chi connectivity index (χ1n) is 5.52. The van der Waals surface area contributed by atoms with Gasteiger partial charge in [-0.25, -0.2) is 4.39 Å². The van der Waals surface area contributed by atoms with E-state index in [4.69, 9.17) is 5.11 Å². The summed E-state index contributed by atoms with van der Waals surface area (Å²) in [5, 5.41) is 11.3. The first-order chi connectivity index (χ1) is 8.21. The van der Waals surface area contributed by atoms with E-state index in [1.54, 1.807) is 20.8 Å². The van der Waals surface area contributed by atoms with Gasteiger partial charge in [-0.1, -0.05) is 6.07 Å². The van der Waals surface area contributed by atoms with Crippen LogP contribution in [-0.2, 0) is 4.79 Å². The van der Waals surface area contributed by atoms with Gasteiger partial charge in [0.05, 0.1) is 6.42 Å². The second-order valence-electron chi connectivity index (χ2n) is 4.87. The fourth-order valence-electron chi connectivity index (χ4n) is 1.64. The lowest BCUT2D eigenvalue weighted by Crippen LogP contribution is -2.45. The van der Waals surface area contributed by atoms with Crippen molar-refractivity contribution >= 4 is 11.9 Å². The summed E-state index contributed by atoms with van der Waals surface area (Å²) < 4.78 is 13.1. The summed E-state index contributed by atoms with van der Waals surface area (Å²) in [6, 6.07) is 3.92. The normalized spacial score (nSPS) is 11.1. The Morgan fingerprint density at radius 3 is 2.56 bits per heavy atom. The van der Waals surface area contributed by atoms with E-state index in [2.05, 4.69) is 5.32 Å². The minimum atomic E-state index is -1.00. The fraction of sp³-hybridized carbons (Fsp3) is 0.385. The molecule has 0 atom stereocenters. The smallest absolute Gasteiger partial charge is 0.305 e. The Labute approximate surface area is 105 Å². The van der Waals surface area contributed by atoms with E-state index in [-0.39, 0.29) is 12.0 Å². The van der Waals surface area contributed by atoms with E-state index < -0.39 is 23.2 Å². The Balaban J connectivity index is 2.88. The number of aryl methyl sites for hydroxylation is 1. The lowest BCUT2D eigenvalue weighted by atomic mass is 9.99. The van der Waals surface area contributed by atoms with Crippen LogP contribution in [0.15, 0.2) is 18.2 Å². The van der Waals surface area contributed by atoms with Gasteiger partial charge in [0.2, 0.25) is 0 Å². The highest BCUT2D eigenvalue weighted by atomic mass is 19.1. The number of hydrogen-bond acceptors (Lipinski definition) is 2. The number of aliphatic carboxylic acids is 1. The number of carbonyl (C=O) groups is 2. The number of benzene rings is 1. The van der Waals surface area contributed by atoms with Gasteiger partial charge >= 0.3 is 5.97 Å². The van der Waals surface area contributed by atoms with Gasteiger partial charge in [0.25, 0.3) is 5.91 Å². The van der Waals surface area contributed by atoms with Gasteiger partial charge in [-0.3, -0.25) is 9.59 Å².